The molecule has 0 aliphatic heterocycles. The molecular weight excluding hydrogens is 242 g/mol. The number of para-hydroxylation sites is 1. The van der Waals surface area contributed by atoms with Gasteiger partial charge in [-0.15, -0.1) is 0 Å². The first-order valence-electron chi connectivity index (χ1n) is 4.21. The minimum Gasteiger partial charge on any atom is -0.266 e. The number of rotatable bonds is 1. The van der Waals surface area contributed by atoms with E-state index in [1.807, 2.05) is 25.2 Å². The molecule has 1 aromatic carbocycles. The molecule has 0 amide bonds. The molecule has 0 N–H and O–H groups in total. The van der Waals surface area contributed by atoms with Gasteiger partial charge in [-0.25, -0.2) is 0 Å². The summed E-state index contributed by atoms with van der Waals surface area (Å²) in [6, 6.07) is 8.03. The molecule has 0 saturated carbocycles. The molecule has 0 spiro atoms. The van der Waals surface area contributed by atoms with Gasteiger partial charge < -0.3 is 0 Å². The lowest BCUT2D eigenvalue weighted by molar-refractivity contribution is 0.776. The highest BCUT2D eigenvalue weighted by atomic mass is 79.9. The predicted molar refractivity (Wildman–Crippen MR) is 57.7 cm³/mol. The van der Waals surface area contributed by atoms with Crippen LogP contribution in [0, 0.1) is 11.3 Å². The van der Waals surface area contributed by atoms with Crippen molar-refractivity contribution in [2.75, 3.05) is 0 Å². The Bertz CT molecular complexity index is 522. The molecule has 0 aliphatic rings. The van der Waals surface area contributed by atoms with Crippen molar-refractivity contribution in [1.29, 1.82) is 5.26 Å². The molecular formula is C10H8BrN3. The number of nitriles is 1. The molecule has 0 aliphatic carbocycles. The Labute approximate surface area is 90.1 Å². The molecule has 0 fully saturated rings. The maximum absolute atomic E-state index is 8.65. The van der Waals surface area contributed by atoms with Gasteiger partial charge in [0.1, 0.15) is 0 Å². The van der Waals surface area contributed by atoms with E-state index in [0.29, 0.717) is 6.42 Å². The molecule has 0 unspecified atom stereocenters. The normalized spacial score (nSPS) is 10.4. The Morgan fingerprint density at radius 3 is 3.07 bits per heavy atom. The van der Waals surface area contributed by atoms with Crippen molar-refractivity contribution in [2.45, 2.75) is 6.42 Å². The fraction of sp³-hybridized carbons (Fsp3) is 0.200. The van der Waals surface area contributed by atoms with Crippen molar-refractivity contribution in [1.82, 2.24) is 9.78 Å². The Morgan fingerprint density at radius 1 is 1.57 bits per heavy atom. The van der Waals surface area contributed by atoms with Crippen LogP contribution < -0.4 is 0 Å². The van der Waals surface area contributed by atoms with Crippen LogP contribution in [0.3, 0.4) is 0 Å². The summed E-state index contributed by atoms with van der Waals surface area (Å²) in [6.45, 7) is 0. The average molecular weight is 250 g/mol. The fourth-order valence-corrected chi connectivity index (χ4v) is 2.19. The van der Waals surface area contributed by atoms with E-state index in [1.165, 1.54) is 0 Å². The van der Waals surface area contributed by atoms with Gasteiger partial charge in [0, 0.05) is 16.9 Å². The van der Waals surface area contributed by atoms with Gasteiger partial charge in [0.25, 0.3) is 0 Å². The van der Waals surface area contributed by atoms with Crippen LogP contribution in [0.25, 0.3) is 10.9 Å². The largest absolute Gasteiger partial charge is 0.266 e. The second-order valence-electron chi connectivity index (χ2n) is 3.04. The first-order valence-corrected chi connectivity index (χ1v) is 5.00. The molecule has 2 aromatic rings. The minimum atomic E-state index is 0.355. The van der Waals surface area contributed by atoms with E-state index in [2.05, 4.69) is 27.1 Å². The lowest BCUT2D eigenvalue weighted by atomic mass is 10.2. The van der Waals surface area contributed by atoms with Crippen LogP contribution in [-0.4, -0.2) is 9.78 Å². The molecule has 1 aromatic heterocycles. The van der Waals surface area contributed by atoms with E-state index in [-0.39, 0.29) is 0 Å². The number of fused-ring (bicyclic) bond motifs is 1. The lowest BCUT2D eigenvalue weighted by Crippen LogP contribution is -1.91. The van der Waals surface area contributed by atoms with Crippen LogP contribution in [0.5, 0.6) is 0 Å². The molecule has 14 heavy (non-hydrogen) atoms. The Balaban J connectivity index is 2.79. The van der Waals surface area contributed by atoms with Crippen LogP contribution in [0.4, 0.5) is 0 Å². The molecule has 70 valence electrons. The van der Waals surface area contributed by atoms with Gasteiger partial charge in [-0.05, 0) is 22.0 Å². The number of hydrogen-bond donors (Lipinski definition) is 0. The SMILES string of the molecule is Cn1nc(CC#N)c2cccc(Br)c21. The van der Waals surface area contributed by atoms with Gasteiger partial charge in [0.2, 0.25) is 0 Å². The van der Waals surface area contributed by atoms with Gasteiger partial charge >= 0.3 is 0 Å². The third kappa shape index (κ3) is 1.30. The average Bonchev–Trinajstić information content (AvgIpc) is 2.46. The fourth-order valence-electron chi connectivity index (χ4n) is 1.57. The highest BCUT2D eigenvalue weighted by Gasteiger charge is 2.09. The molecule has 0 saturated heterocycles. The molecule has 1 heterocycles. The summed E-state index contributed by atoms with van der Waals surface area (Å²) in [7, 11) is 1.88. The summed E-state index contributed by atoms with van der Waals surface area (Å²) in [5.41, 5.74) is 1.88. The van der Waals surface area contributed by atoms with Crippen molar-refractivity contribution in [3.8, 4) is 6.07 Å². The summed E-state index contributed by atoms with van der Waals surface area (Å²) in [4.78, 5) is 0. The minimum absolute atomic E-state index is 0.355. The topological polar surface area (TPSA) is 41.6 Å². The molecule has 0 atom stereocenters. The summed E-state index contributed by atoms with van der Waals surface area (Å²) in [6.07, 6.45) is 0.355. The maximum Gasteiger partial charge on any atom is 0.0844 e. The van der Waals surface area contributed by atoms with Crippen molar-refractivity contribution in [2.24, 2.45) is 7.05 Å². The summed E-state index contributed by atoms with van der Waals surface area (Å²) >= 11 is 3.47. The quantitative estimate of drug-likeness (QED) is 0.779. The van der Waals surface area contributed by atoms with Crippen LogP contribution in [-0.2, 0) is 13.5 Å². The number of aryl methyl sites for hydroxylation is 1. The third-order valence-corrected chi connectivity index (χ3v) is 2.78. The van der Waals surface area contributed by atoms with Gasteiger partial charge in [0.15, 0.2) is 0 Å². The highest BCUT2D eigenvalue weighted by molar-refractivity contribution is 9.10. The maximum atomic E-state index is 8.65. The van der Waals surface area contributed by atoms with E-state index in [4.69, 9.17) is 5.26 Å². The first-order chi connectivity index (χ1) is 6.74. The molecule has 2 rings (SSSR count). The zero-order chi connectivity index (χ0) is 10.1. The van der Waals surface area contributed by atoms with Crippen LogP contribution in [0.1, 0.15) is 5.69 Å². The van der Waals surface area contributed by atoms with Gasteiger partial charge in [-0.1, -0.05) is 12.1 Å². The Hall–Kier alpha value is -1.34. The van der Waals surface area contributed by atoms with Crippen molar-refractivity contribution in [3.05, 3.63) is 28.4 Å². The first kappa shape index (κ1) is 9.22. The number of benzene rings is 1. The Kier molecular flexibility index (Phi) is 2.26. The van der Waals surface area contributed by atoms with Gasteiger partial charge in [0.05, 0.1) is 23.7 Å². The number of nitrogens with zero attached hydrogens (tertiary/aromatic N) is 3. The number of hydrogen-bond acceptors (Lipinski definition) is 2. The molecule has 0 bridgehead atoms. The predicted octanol–water partition coefficient (Wildman–Crippen LogP) is 2.40. The van der Waals surface area contributed by atoms with Crippen molar-refractivity contribution in [3.63, 3.8) is 0 Å². The summed E-state index contributed by atoms with van der Waals surface area (Å²) < 4.78 is 2.81. The second kappa shape index (κ2) is 3.43. The van der Waals surface area contributed by atoms with E-state index in [0.717, 1.165) is 21.1 Å². The van der Waals surface area contributed by atoms with E-state index >= 15 is 0 Å². The van der Waals surface area contributed by atoms with E-state index in [1.54, 1.807) is 4.68 Å². The van der Waals surface area contributed by atoms with Crippen LogP contribution in [0.2, 0.25) is 0 Å². The van der Waals surface area contributed by atoms with E-state index < -0.39 is 0 Å². The highest BCUT2D eigenvalue weighted by Crippen LogP contribution is 2.25. The van der Waals surface area contributed by atoms with Gasteiger partial charge in [-0.2, -0.15) is 10.4 Å². The second-order valence-corrected chi connectivity index (χ2v) is 3.90. The summed E-state index contributed by atoms with van der Waals surface area (Å²) in [5.74, 6) is 0. The number of aromatic nitrogens is 2. The standard InChI is InChI=1S/C10H8BrN3/c1-14-10-7(3-2-4-8(10)11)9(13-14)5-6-12/h2-4H,5H2,1H3. The zero-order valence-electron chi connectivity index (χ0n) is 7.66. The smallest absolute Gasteiger partial charge is 0.0844 e. The Morgan fingerprint density at radius 2 is 2.36 bits per heavy atom. The monoisotopic (exact) mass is 249 g/mol. The zero-order valence-corrected chi connectivity index (χ0v) is 9.24. The third-order valence-electron chi connectivity index (χ3n) is 2.14. The molecule has 0 radical (unpaired) electrons. The number of halogens is 1. The molecule has 3 nitrogen and oxygen atoms in total. The van der Waals surface area contributed by atoms with Crippen molar-refractivity contribution < 1.29 is 0 Å². The van der Waals surface area contributed by atoms with Crippen LogP contribution in [0.15, 0.2) is 22.7 Å². The van der Waals surface area contributed by atoms with Gasteiger partial charge in [-0.3, -0.25) is 4.68 Å². The lowest BCUT2D eigenvalue weighted by Gasteiger charge is -1.95. The van der Waals surface area contributed by atoms with Crippen LogP contribution >= 0.6 is 15.9 Å². The molecule has 4 heteroatoms. The van der Waals surface area contributed by atoms with Crippen molar-refractivity contribution >= 4 is 26.8 Å². The summed E-state index contributed by atoms with van der Waals surface area (Å²) in [5, 5.41) is 14.0. The van der Waals surface area contributed by atoms with E-state index in [9.17, 15) is 0 Å².